The van der Waals surface area contributed by atoms with Crippen LogP contribution in [-0.4, -0.2) is 12.3 Å². The number of rotatable bonds is 7. The number of hydrogen-bond acceptors (Lipinski definition) is 2. The summed E-state index contributed by atoms with van der Waals surface area (Å²) in [4.78, 5) is 4.68. The summed E-state index contributed by atoms with van der Waals surface area (Å²) < 4.78 is 6.21. The van der Waals surface area contributed by atoms with Gasteiger partial charge in [0.1, 0.15) is 11.4 Å². The molecule has 0 heterocycles. The molecular weight excluding hydrogens is 258 g/mol. The maximum atomic E-state index is 6.21. The number of ether oxygens (including phenoxy) is 1. The van der Waals surface area contributed by atoms with Crippen LogP contribution < -0.4 is 4.74 Å². The Morgan fingerprint density at radius 3 is 2.67 bits per heavy atom. The molecule has 0 bridgehead atoms. The van der Waals surface area contributed by atoms with E-state index >= 15 is 0 Å². The van der Waals surface area contributed by atoms with E-state index in [1.807, 2.05) is 6.21 Å². The molecule has 1 aliphatic rings. The molecule has 0 saturated heterocycles. The van der Waals surface area contributed by atoms with E-state index in [1.165, 1.54) is 30.4 Å². The van der Waals surface area contributed by atoms with E-state index in [-0.39, 0.29) is 0 Å². The van der Waals surface area contributed by atoms with E-state index in [1.54, 1.807) is 0 Å². The fraction of sp³-hybridized carbons (Fsp3) is 0.632. The van der Waals surface area contributed by atoms with Gasteiger partial charge in [0, 0.05) is 6.21 Å². The molecule has 1 saturated carbocycles. The molecular formula is C19H29NO. The summed E-state index contributed by atoms with van der Waals surface area (Å²) in [6.07, 6.45) is 9.40. The zero-order valence-electron chi connectivity index (χ0n) is 14.0. The highest BCUT2D eigenvalue weighted by Crippen LogP contribution is 2.38. The predicted molar refractivity (Wildman–Crippen MR) is 91.2 cm³/mol. The molecule has 1 fully saturated rings. The monoisotopic (exact) mass is 287 g/mol. The first kappa shape index (κ1) is 16.1. The second kappa shape index (κ2) is 7.63. The minimum atomic E-state index is 0.400. The van der Waals surface area contributed by atoms with Crippen LogP contribution in [0.3, 0.4) is 0 Å². The second-order valence-corrected chi connectivity index (χ2v) is 6.26. The van der Waals surface area contributed by atoms with Crippen molar-refractivity contribution in [2.24, 2.45) is 4.99 Å². The summed E-state index contributed by atoms with van der Waals surface area (Å²) >= 11 is 0. The Labute approximate surface area is 129 Å². The minimum Gasteiger partial charge on any atom is -0.488 e. The zero-order chi connectivity index (χ0) is 15.2. The molecule has 2 heteroatoms. The van der Waals surface area contributed by atoms with Crippen molar-refractivity contribution in [3.63, 3.8) is 0 Å². The van der Waals surface area contributed by atoms with Crippen LogP contribution >= 0.6 is 0 Å². The van der Waals surface area contributed by atoms with E-state index in [4.69, 9.17) is 4.74 Å². The molecule has 21 heavy (non-hydrogen) atoms. The van der Waals surface area contributed by atoms with Gasteiger partial charge in [0.25, 0.3) is 0 Å². The predicted octanol–water partition coefficient (Wildman–Crippen LogP) is 5.94. The van der Waals surface area contributed by atoms with Crippen LogP contribution in [0.25, 0.3) is 0 Å². The Morgan fingerprint density at radius 1 is 1.33 bits per heavy atom. The second-order valence-electron chi connectivity index (χ2n) is 6.26. The van der Waals surface area contributed by atoms with Crippen LogP contribution in [0.4, 0.5) is 5.69 Å². The van der Waals surface area contributed by atoms with Gasteiger partial charge in [-0.05, 0) is 62.1 Å². The third-order valence-electron chi connectivity index (χ3n) is 4.45. The highest BCUT2D eigenvalue weighted by atomic mass is 16.5. The van der Waals surface area contributed by atoms with Gasteiger partial charge >= 0.3 is 0 Å². The fourth-order valence-electron chi connectivity index (χ4n) is 2.50. The van der Waals surface area contributed by atoms with Crippen molar-refractivity contribution >= 4 is 11.9 Å². The molecule has 0 amide bonds. The summed E-state index contributed by atoms with van der Waals surface area (Å²) in [5.74, 6) is 1.56. The molecule has 1 atom stereocenters. The van der Waals surface area contributed by atoms with E-state index in [9.17, 15) is 0 Å². The van der Waals surface area contributed by atoms with Gasteiger partial charge < -0.3 is 4.74 Å². The number of unbranched alkanes of at least 4 members (excludes halogenated alkanes) is 1. The minimum absolute atomic E-state index is 0.400. The molecule has 2 nitrogen and oxygen atoms in total. The Balaban J connectivity index is 2.30. The van der Waals surface area contributed by atoms with Gasteiger partial charge in [0.05, 0.1) is 6.10 Å². The lowest BCUT2D eigenvalue weighted by atomic mass is 9.94. The maximum absolute atomic E-state index is 6.21. The molecule has 1 aromatic rings. The van der Waals surface area contributed by atoms with Crippen LogP contribution in [0.2, 0.25) is 0 Å². The topological polar surface area (TPSA) is 21.6 Å². The molecule has 0 aromatic heterocycles. The average molecular weight is 287 g/mol. The summed E-state index contributed by atoms with van der Waals surface area (Å²) in [6.45, 7) is 8.84. The van der Waals surface area contributed by atoms with Crippen molar-refractivity contribution in [1.82, 2.24) is 0 Å². The van der Waals surface area contributed by atoms with E-state index in [0.717, 1.165) is 30.7 Å². The maximum Gasteiger partial charge on any atom is 0.145 e. The fourth-order valence-corrected chi connectivity index (χ4v) is 2.50. The smallest absolute Gasteiger partial charge is 0.145 e. The van der Waals surface area contributed by atoms with Crippen LogP contribution in [0, 0.1) is 6.92 Å². The molecule has 2 rings (SSSR count). The Morgan fingerprint density at radius 2 is 2.10 bits per heavy atom. The van der Waals surface area contributed by atoms with Crippen molar-refractivity contribution in [2.75, 3.05) is 0 Å². The summed E-state index contributed by atoms with van der Waals surface area (Å²) in [5.41, 5.74) is 3.63. The lowest BCUT2D eigenvalue weighted by molar-refractivity contribution is 0.121. The first-order chi connectivity index (χ1) is 10.2. The van der Waals surface area contributed by atoms with Gasteiger partial charge in [-0.25, -0.2) is 0 Å². The van der Waals surface area contributed by atoms with Crippen LogP contribution in [-0.2, 0) is 0 Å². The molecule has 1 aliphatic carbocycles. The van der Waals surface area contributed by atoms with Crippen LogP contribution in [0.5, 0.6) is 5.75 Å². The number of nitrogens with zero attached hydrogens (tertiary/aromatic N) is 1. The van der Waals surface area contributed by atoms with Crippen LogP contribution in [0.1, 0.15) is 76.3 Å². The van der Waals surface area contributed by atoms with Crippen molar-refractivity contribution in [3.05, 3.63) is 23.3 Å². The summed E-state index contributed by atoms with van der Waals surface area (Å²) in [6, 6.07) is 4.50. The highest BCUT2D eigenvalue weighted by Gasteiger charge is 2.21. The number of benzene rings is 1. The van der Waals surface area contributed by atoms with Gasteiger partial charge in [-0.15, -0.1) is 0 Å². The summed E-state index contributed by atoms with van der Waals surface area (Å²) in [7, 11) is 0. The van der Waals surface area contributed by atoms with Gasteiger partial charge in [-0.1, -0.05) is 33.3 Å². The molecule has 0 N–H and O–H groups in total. The third kappa shape index (κ3) is 4.09. The lowest BCUT2D eigenvalue weighted by Gasteiger charge is -2.28. The van der Waals surface area contributed by atoms with Gasteiger partial charge in [-0.2, -0.15) is 0 Å². The number of hydrogen-bond donors (Lipinski definition) is 0. The first-order valence-electron chi connectivity index (χ1n) is 8.49. The van der Waals surface area contributed by atoms with Gasteiger partial charge in [-0.3, -0.25) is 4.99 Å². The molecule has 1 aromatic carbocycles. The molecule has 116 valence electrons. The standard InChI is InChI=1S/C19H29NO/c1-5-7-11-20-19-15(4)12-16(14(3)6-2)13-18(19)21-17-9-8-10-17/h11-14,17H,5-10H2,1-4H3/b20-11-. The van der Waals surface area contributed by atoms with Gasteiger partial charge in [0.15, 0.2) is 0 Å². The third-order valence-corrected chi connectivity index (χ3v) is 4.45. The van der Waals surface area contributed by atoms with Crippen molar-refractivity contribution < 1.29 is 4.74 Å². The first-order valence-corrected chi connectivity index (χ1v) is 8.49. The molecule has 0 aliphatic heterocycles. The quantitative estimate of drug-likeness (QED) is 0.568. The normalized spacial score (nSPS) is 17.0. The van der Waals surface area contributed by atoms with Crippen molar-refractivity contribution in [2.45, 2.75) is 78.2 Å². The van der Waals surface area contributed by atoms with Crippen molar-refractivity contribution in [1.29, 1.82) is 0 Å². The van der Waals surface area contributed by atoms with E-state index < -0.39 is 0 Å². The van der Waals surface area contributed by atoms with E-state index in [2.05, 4.69) is 44.8 Å². The Bertz CT molecular complexity index is 489. The SMILES string of the molecule is CCC/C=N\c1c(C)cc(C(C)CC)cc1OC1CCC1. The number of aliphatic imine (C=N–C) groups is 1. The van der Waals surface area contributed by atoms with Gasteiger partial charge in [0.2, 0.25) is 0 Å². The Kier molecular flexibility index (Phi) is 5.84. The highest BCUT2D eigenvalue weighted by molar-refractivity contribution is 5.69. The molecule has 0 spiro atoms. The van der Waals surface area contributed by atoms with Crippen LogP contribution in [0.15, 0.2) is 17.1 Å². The Hall–Kier alpha value is -1.31. The molecule has 1 unspecified atom stereocenters. The summed E-state index contributed by atoms with van der Waals surface area (Å²) in [5, 5.41) is 0. The van der Waals surface area contributed by atoms with Crippen molar-refractivity contribution in [3.8, 4) is 5.75 Å². The van der Waals surface area contributed by atoms with E-state index in [0.29, 0.717) is 12.0 Å². The molecule has 0 radical (unpaired) electrons. The largest absolute Gasteiger partial charge is 0.488 e. The zero-order valence-corrected chi connectivity index (χ0v) is 14.0. The lowest BCUT2D eigenvalue weighted by Crippen LogP contribution is -2.24. The number of aryl methyl sites for hydroxylation is 1. The average Bonchev–Trinajstić information content (AvgIpc) is 2.44.